The van der Waals surface area contributed by atoms with Crippen molar-refractivity contribution in [1.29, 1.82) is 0 Å². The van der Waals surface area contributed by atoms with E-state index < -0.39 is 0 Å². The fourth-order valence-corrected chi connectivity index (χ4v) is 3.71. The minimum Gasteiger partial charge on any atom is -0.496 e. The number of rotatable bonds is 7. The van der Waals surface area contributed by atoms with Gasteiger partial charge in [-0.15, -0.1) is 0 Å². The topological polar surface area (TPSA) is 71.5 Å². The number of hydrogen-bond acceptors (Lipinski definition) is 5. The SMILES string of the molecule is COc1ccccc1C1=C(Nc2ccc(C(C)C)cc2)C(=O)N(Cc2cccnc2)C1=O. The van der Waals surface area contributed by atoms with Gasteiger partial charge in [0, 0.05) is 23.6 Å². The molecular weight excluding hydrogens is 402 g/mol. The van der Waals surface area contributed by atoms with Gasteiger partial charge in [0.1, 0.15) is 11.4 Å². The van der Waals surface area contributed by atoms with Crippen molar-refractivity contribution in [2.45, 2.75) is 26.3 Å². The van der Waals surface area contributed by atoms with Crippen LogP contribution in [0.25, 0.3) is 5.57 Å². The van der Waals surface area contributed by atoms with Crippen LogP contribution in [-0.2, 0) is 16.1 Å². The summed E-state index contributed by atoms with van der Waals surface area (Å²) in [6.07, 6.45) is 3.31. The zero-order valence-corrected chi connectivity index (χ0v) is 18.3. The third kappa shape index (κ3) is 4.12. The fraction of sp³-hybridized carbons (Fsp3) is 0.192. The van der Waals surface area contributed by atoms with E-state index in [1.807, 2.05) is 42.5 Å². The third-order valence-electron chi connectivity index (χ3n) is 5.45. The Kier molecular flexibility index (Phi) is 6.03. The maximum absolute atomic E-state index is 13.5. The number of nitrogens with zero attached hydrogens (tertiary/aromatic N) is 2. The van der Waals surface area contributed by atoms with Gasteiger partial charge >= 0.3 is 0 Å². The van der Waals surface area contributed by atoms with Crippen LogP contribution < -0.4 is 10.1 Å². The Morgan fingerprint density at radius 2 is 1.72 bits per heavy atom. The smallest absolute Gasteiger partial charge is 0.278 e. The van der Waals surface area contributed by atoms with Crippen LogP contribution in [0.1, 0.15) is 36.5 Å². The molecule has 32 heavy (non-hydrogen) atoms. The van der Waals surface area contributed by atoms with E-state index >= 15 is 0 Å². The van der Waals surface area contributed by atoms with E-state index in [9.17, 15) is 9.59 Å². The van der Waals surface area contributed by atoms with Gasteiger partial charge in [0.15, 0.2) is 0 Å². The number of para-hydroxylation sites is 1. The van der Waals surface area contributed by atoms with Gasteiger partial charge < -0.3 is 10.1 Å². The maximum Gasteiger partial charge on any atom is 0.278 e. The monoisotopic (exact) mass is 427 g/mol. The molecule has 6 heteroatoms. The average Bonchev–Trinajstić information content (AvgIpc) is 3.04. The number of pyridine rings is 1. The molecule has 2 aromatic carbocycles. The molecule has 2 amide bonds. The molecule has 0 unspecified atom stereocenters. The number of carbonyl (C=O) groups is 2. The largest absolute Gasteiger partial charge is 0.496 e. The van der Waals surface area contributed by atoms with Crippen molar-refractivity contribution in [3.05, 3.63) is 95.4 Å². The lowest BCUT2D eigenvalue weighted by molar-refractivity contribution is -0.137. The summed E-state index contributed by atoms with van der Waals surface area (Å²) in [4.78, 5) is 32.2. The molecule has 162 valence electrons. The number of carbonyl (C=O) groups excluding carboxylic acids is 2. The van der Waals surface area contributed by atoms with Crippen LogP contribution in [0.2, 0.25) is 0 Å². The Labute approximate surface area is 187 Å². The Morgan fingerprint density at radius 3 is 2.38 bits per heavy atom. The van der Waals surface area contributed by atoms with Gasteiger partial charge in [0.25, 0.3) is 11.8 Å². The van der Waals surface area contributed by atoms with Crippen molar-refractivity contribution in [3.8, 4) is 5.75 Å². The molecule has 0 spiro atoms. The second-order valence-electron chi connectivity index (χ2n) is 7.91. The molecule has 3 aromatic rings. The highest BCUT2D eigenvalue weighted by atomic mass is 16.5. The van der Waals surface area contributed by atoms with Crippen LogP contribution in [0.5, 0.6) is 5.75 Å². The van der Waals surface area contributed by atoms with Crippen molar-refractivity contribution >= 4 is 23.1 Å². The Hall–Kier alpha value is -3.93. The van der Waals surface area contributed by atoms with Gasteiger partial charge in [-0.25, -0.2) is 0 Å². The molecule has 0 saturated heterocycles. The first-order valence-corrected chi connectivity index (χ1v) is 10.5. The molecule has 6 nitrogen and oxygen atoms in total. The minimum absolute atomic E-state index is 0.140. The molecule has 0 fully saturated rings. The van der Waals surface area contributed by atoms with E-state index in [0.29, 0.717) is 22.8 Å². The van der Waals surface area contributed by atoms with Gasteiger partial charge in [-0.3, -0.25) is 19.5 Å². The third-order valence-corrected chi connectivity index (χ3v) is 5.45. The number of anilines is 1. The van der Waals surface area contributed by atoms with Crippen molar-refractivity contribution in [2.75, 3.05) is 12.4 Å². The molecule has 0 radical (unpaired) electrons. The van der Waals surface area contributed by atoms with E-state index in [1.54, 1.807) is 37.7 Å². The number of methoxy groups -OCH3 is 1. The highest BCUT2D eigenvalue weighted by Gasteiger charge is 2.40. The molecule has 1 N–H and O–H groups in total. The van der Waals surface area contributed by atoms with Gasteiger partial charge in [-0.1, -0.05) is 50.2 Å². The second kappa shape index (κ2) is 9.06. The Bertz CT molecular complexity index is 1170. The second-order valence-corrected chi connectivity index (χ2v) is 7.91. The number of imide groups is 1. The van der Waals surface area contributed by atoms with Crippen LogP contribution in [0.4, 0.5) is 5.69 Å². The standard InChI is InChI=1S/C26H25N3O3/c1-17(2)19-10-12-20(13-11-19)28-24-23(21-8-4-5-9-22(21)32-3)25(30)29(26(24)31)16-18-7-6-14-27-15-18/h4-15,17,28H,16H2,1-3H3. The first-order chi connectivity index (χ1) is 15.5. The summed E-state index contributed by atoms with van der Waals surface area (Å²) >= 11 is 0. The first-order valence-electron chi connectivity index (χ1n) is 10.5. The highest BCUT2D eigenvalue weighted by molar-refractivity contribution is 6.36. The van der Waals surface area contributed by atoms with E-state index in [1.165, 1.54) is 10.5 Å². The molecule has 1 aromatic heterocycles. The minimum atomic E-state index is -0.382. The first kappa shape index (κ1) is 21.3. The summed E-state index contributed by atoms with van der Waals surface area (Å²) in [5, 5.41) is 3.20. The molecule has 2 heterocycles. The van der Waals surface area contributed by atoms with Crippen LogP contribution in [0.3, 0.4) is 0 Å². The maximum atomic E-state index is 13.5. The van der Waals surface area contributed by atoms with Gasteiger partial charge in [-0.2, -0.15) is 0 Å². The van der Waals surface area contributed by atoms with Crippen LogP contribution in [0, 0.1) is 0 Å². The van der Waals surface area contributed by atoms with E-state index in [2.05, 4.69) is 24.1 Å². The zero-order chi connectivity index (χ0) is 22.7. The van der Waals surface area contributed by atoms with Crippen LogP contribution in [-0.4, -0.2) is 28.8 Å². The summed E-state index contributed by atoms with van der Waals surface area (Å²) in [6.45, 7) is 4.39. The summed E-state index contributed by atoms with van der Waals surface area (Å²) in [5.74, 6) is 0.177. The summed E-state index contributed by atoms with van der Waals surface area (Å²) in [6, 6.07) is 18.7. The van der Waals surface area contributed by atoms with E-state index in [0.717, 1.165) is 11.3 Å². The van der Waals surface area contributed by atoms with E-state index in [-0.39, 0.29) is 24.1 Å². The predicted octanol–water partition coefficient (Wildman–Crippen LogP) is 4.61. The molecule has 0 bridgehead atoms. The van der Waals surface area contributed by atoms with Crippen molar-refractivity contribution in [3.63, 3.8) is 0 Å². The number of hydrogen-bond donors (Lipinski definition) is 1. The van der Waals surface area contributed by atoms with Gasteiger partial charge in [0.05, 0.1) is 19.2 Å². The fourth-order valence-electron chi connectivity index (χ4n) is 3.71. The van der Waals surface area contributed by atoms with Crippen molar-refractivity contribution in [1.82, 2.24) is 9.88 Å². The normalized spacial score (nSPS) is 13.8. The molecule has 0 atom stereocenters. The Morgan fingerprint density at radius 1 is 0.969 bits per heavy atom. The van der Waals surface area contributed by atoms with Crippen LogP contribution >= 0.6 is 0 Å². The molecule has 4 rings (SSSR count). The molecule has 1 aliphatic heterocycles. The molecule has 0 aliphatic carbocycles. The Balaban J connectivity index is 1.75. The van der Waals surface area contributed by atoms with E-state index in [4.69, 9.17) is 4.74 Å². The molecule has 1 aliphatic rings. The summed E-state index contributed by atoms with van der Waals surface area (Å²) in [7, 11) is 1.55. The quantitative estimate of drug-likeness (QED) is 0.558. The van der Waals surface area contributed by atoms with Crippen LogP contribution in [0.15, 0.2) is 78.8 Å². The molecule has 0 saturated carbocycles. The number of nitrogens with one attached hydrogen (secondary N) is 1. The summed E-state index contributed by atoms with van der Waals surface area (Å²) in [5.41, 5.74) is 3.81. The lowest BCUT2D eigenvalue weighted by Gasteiger charge is -2.15. The van der Waals surface area contributed by atoms with Crippen molar-refractivity contribution < 1.29 is 14.3 Å². The number of ether oxygens (including phenoxy) is 1. The highest BCUT2D eigenvalue weighted by Crippen LogP contribution is 2.36. The lowest BCUT2D eigenvalue weighted by atomic mass is 10.0. The van der Waals surface area contributed by atoms with Gasteiger partial charge in [-0.05, 0) is 41.3 Å². The van der Waals surface area contributed by atoms with Crippen molar-refractivity contribution in [2.24, 2.45) is 0 Å². The number of aromatic nitrogens is 1. The number of amides is 2. The van der Waals surface area contributed by atoms with Gasteiger partial charge in [0.2, 0.25) is 0 Å². The zero-order valence-electron chi connectivity index (χ0n) is 18.3. The average molecular weight is 428 g/mol. The lowest BCUT2D eigenvalue weighted by Crippen LogP contribution is -2.32. The predicted molar refractivity (Wildman–Crippen MR) is 124 cm³/mol. The molecular formula is C26H25N3O3. The summed E-state index contributed by atoms with van der Waals surface area (Å²) < 4.78 is 5.48. The number of benzene rings is 2.